The van der Waals surface area contributed by atoms with Crippen LogP contribution in [0.15, 0.2) is 30.3 Å². The van der Waals surface area contributed by atoms with E-state index >= 15 is 4.39 Å². The molecule has 6 rings (SSSR count). The molecule has 0 saturated heterocycles. The molecule has 2 N–H and O–H groups in total. The number of carboxylic acids is 1. The fourth-order valence-electron chi connectivity index (χ4n) is 6.11. The summed E-state index contributed by atoms with van der Waals surface area (Å²) in [7, 11) is 1.72. The smallest absolute Gasteiger partial charge is 0.337 e. The van der Waals surface area contributed by atoms with Gasteiger partial charge in [-0.1, -0.05) is 6.07 Å². The SMILES string of the molecule is Cc1nc2c(cc(C(=O)NCc3ccc4c(c3)OCO4)n2C)c(-c2cc(F)c3c(c2C)CCCO3)c1[C@H](OC(C)(C)C)C(=O)O. The van der Waals surface area contributed by atoms with Gasteiger partial charge in [0.1, 0.15) is 11.3 Å². The predicted molar refractivity (Wildman–Crippen MR) is 164 cm³/mol. The molecule has 1 atom stereocenters. The Morgan fingerprint density at radius 2 is 1.89 bits per heavy atom. The van der Waals surface area contributed by atoms with Gasteiger partial charge in [-0.05, 0) is 88.4 Å². The molecular formula is C34H36FN3O7. The van der Waals surface area contributed by atoms with Crippen molar-refractivity contribution < 1.29 is 38.0 Å². The Bertz CT molecular complexity index is 1860. The minimum absolute atomic E-state index is 0.155. The minimum Gasteiger partial charge on any atom is -0.490 e. The van der Waals surface area contributed by atoms with Gasteiger partial charge in [0, 0.05) is 41.4 Å². The molecule has 236 valence electrons. The first-order valence-electron chi connectivity index (χ1n) is 14.9. The molecule has 4 heterocycles. The number of amides is 1. The maximum absolute atomic E-state index is 15.6. The fraction of sp³-hybridized carbons (Fsp3) is 0.382. The van der Waals surface area contributed by atoms with Gasteiger partial charge in [-0.2, -0.15) is 0 Å². The number of halogens is 1. The Hall–Kier alpha value is -4.64. The summed E-state index contributed by atoms with van der Waals surface area (Å²) in [5.41, 5.74) is 3.96. The number of aliphatic carboxylic acids is 1. The minimum atomic E-state index is -1.41. The van der Waals surface area contributed by atoms with Crippen molar-refractivity contribution >= 4 is 22.9 Å². The van der Waals surface area contributed by atoms with Gasteiger partial charge in [-0.3, -0.25) is 4.79 Å². The Morgan fingerprint density at radius 1 is 1.13 bits per heavy atom. The van der Waals surface area contributed by atoms with Crippen LogP contribution in [0.3, 0.4) is 0 Å². The molecule has 11 heteroatoms. The summed E-state index contributed by atoms with van der Waals surface area (Å²) in [4.78, 5) is 31.1. The largest absolute Gasteiger partial charge is 0.490 e. The molecule has 2 aromatic heterocycles. The zero-order valence-corrected chi connectivity index (χ0v) is 26.2. The van der Waals surface area contributed by atoms with Gasteiger partial charge in [0.15, 0.2) is 29.2 Å². The second kappa shape index (κ2) is 11.4. The highest BCUT2D eigenvalue weighted by molar-refractivity contribution is 6.04. The number of aryl methyl sites for hydroxylation is 2. The number of carbonyl (C=O) groups excluding carboxylic acids is 1. The van der Waals surface area contributed by atoms with E-state index in [9.17, 15) is 14.7 Å². The zero-order chi connectivity index (χ0) is 32.2. The van der Waals surface area contributed by atoms with E-state index in [1.54, 1.807) is 51.4 Å². The van der Waals surface area contributed by atoms with Gasteiger partial charge in [-0.25, -0.2) is 14.2 Å². The van der Waals surface area contributed by atoms with Crippen LogP contribution >= 0.6 is 0 Å². The standard InChI is InChI=1S/C34H36FN3O7/c1-17-20-8-7-11-42-29(20)23(35)13-21(17)28-22-14-24(32(39)36-15-19-9-10-25-26(12-19)44-16-43-25)38(6)31(22)37-18(2)27(28)30(33(40)41)45-34(3,4)5/h9-10,12-14,30H,7-8,11,15-16H2,1-6H3,(H,36,39)(H,40,41)/t30-/m0/s1. The van der Waals surface area contributed by atoms with E-state index in [0.717, 1.165) is 23.1 Å². The number of pyridine rings is 1. The molecule has 0 saturated carbocycles. The van der Waals surface area contributed by atoms with E-state index < -0.39 is 23.5 Å². The van der Waals surface area contributed by atoms with Crippen molar-refractivity contribution in [1.82, 2.24) is 14.9 Å². The molecule has 0 fully saturated rings. The van der Waals surface area contributed by atoms with Crippen LogP contribution in [0.25, 0.3) is 22.2 Å². The molecule has 1 amide bonds. The topological polar surface area (TPSA) is 121 Å². The van der Waals surface area contributed by atoms with Crippen LogP contribution in [-0.2, 0) is 29.5 Å². The number of rotatable bonds is 7. The van der Waals surface area contributed by atoms with Crippen LogP contribution in [0.1, 0.15) is 71.7 Å². The van der Waals surface area contributed by atoms with Crippen LogP contribution in [0.4, 0.5) is 4.39 Å². The van der Waals surface area contributed by atoms with E-state index in [1.165, 1.54) is 6.07 Å². The van der Waals surface area contributed by atoms with Gasteiger partial charge in [0.05, 0.1) is 12.2 Å². The van der Waals surface area contributed by atoms with Gasteiger partial charge >= 0.3 is 5.97 Å². The molecule has 0 unspecified atom stereocenters. The molecule has 2 aliphatic heterocycles. The summed E-state index contributed by atoms with van der Waals surface area (Å²) in [6, 6.07) is 8.53. The Balaban J connectivity index is 1.51. The number of nitrogens with zero attached hydrogens (tertiary/aromatic N) is 2. The van der Waals surface area contributed by atoms with Crippen LogP contribution < -0.4 is 19.5 Å². The first-order chi connectivity index (χ1) is 21.3. The molecule has 2 aliphatic rings. The molecule has 2 aromatic carbocycles. The zero-order valence-electron chi connectivity index (χ0n) is 26.2. The number of nitrogens with one attached hydrogen (secondary N) is 1. The number of hydrogen-bond donors (Lipinski definition) is 2. The second-order valence-electron chi connectivity index (χ2n) is 12.4. The van der Waals surface area contributed by atoms with Crippen molar-refractivity contribution in [2.75, 3.05) is 13.4 Å². The molecule has 0 bridgehead atoms. The average Bonchev–Trinajstić information content (AvgIpc) is 3.59. The second-order valence-corrected chi connectivity index (χ2v) is 12.4. The number of carbonyl (C=O) groups is 2. The number of benzene rings is 2. The maximum atomic E-state index is 15.6. The number of ether oxygens (including phenoxy) is 4. The molecule has 10 nitrogen and oxygen atoms in total. The fourth-order valence-corrected chi connectivity index (χ4v) is 6.11. The first-order valence-corrected chi connectivity index (χ1v) is 14.9. The van der Waals surface area contributed by atoms with E-state index in [-0.39, 0.29) is 25.0 Å². The summed E-state index contributed by atoms with van der Waals surface area (Å²) in [6.45, 7) is 9.73. The molecule has 0 aliphatic carbocycles. The third-order valence-corrected chi connectivity index (χ3v) is 8.19. The van der Waals surface area contributed by atoms with Crippen LogP contribution in [0, 0.1) is 19.7 Å². The number of hydrogen-bond acceptors (Lipinski definition) is 7. The summed E-state index contributed by atoms with van der Waals surface area (Å²) < 4.78 is 39.9. The van der Waals surface area contributed by atoms with E-state index in [2.05, 4.69) is 5.32 Å². The van der Waals surface area contributed by atoms with E-state index in [4.69, 9.17) is 23.9 Å². The van der Waals surface area contributed by atoms with Crippen molar-refractivity contribution in [3.63, 3.8) is 0 Å². The summed E-state index contributed by atoms with van der Waals surface area (Å²) in [5.74, 6) is -0.595. The van der Waals surface area contributed by atoms with E-state index in [1.807, 2.05) is 19.1 Å². The quantitative estimate of drug-likeness (QED) is 0.262. The van der Waals surface area contributed by atoms with Crippen molar-refractivity contribution in [2.45, 2.75) is 65.7 Å². The summed E-state index contributed by atoms with van der Waals surface area (Å²) in [6.07, 6.45) is -0.0502. The van der Waals surface area contributed by atoms with Gasteiger partial charge in [-0.15, -0.1) is 0 Å². The Morgan fingerprint density at radius 3 is 2.62 bits per heavy atom. The highest BCUT2D eigenvalue weighted by Gasteiger charge is 2.35. The third kappa shape index (κ3) is 5.56. The summed E-state index contributed by atoms with van der Waals surface area (Å²) >= 11 is 0. The third-order valence-electron chi connectivity index (χ3n) is 8.19. The van der Waals surface area contributed by atoms with Gasteiger partial charge in [0.25, 0.3) is 5.91 Å². The van der Waals surface area contributed by atoms with Crippen LogP contribution in [0.2, 0.25) is 0 Å². The lowest BCUT2D eigenvalue weighted by molar-refractivity contribution is -0.160. The lowest BCUT2D eigenvalue weighted by Crippen LogP contribution is -2.28. The Labute approximate surface area is 260 Å². The first kappa shape index (κ1) is 30.4. The lowest BCUT2D eigenvalue weighted by Gasteiger charge is -2.29. The van der Waals surface area contributed by atoms with Gasteiger partial charge in [0.2, 0.25) is 6.79 Å². The highest BCUT2D eigenvalue weighted by atomic mass is 19.1. The monoisotopic (exact) mass is 617 g/mol. The van der Waals surface area contributed by atoms with Crippen molar-refractivity contribution in [3.8, 4) is 28.4 Å². The van der Waals surface area contributed by atoms with Crippen LogP contribution in [0.5, 0.6) is 17.2 Å². The molecule has 45 heavy (non-hydrogen) atoms. The number of carboxylic acid groups (broad SMARTS) is 1. The van der Waals surface area contributed by atoms with Gasteiger partial charge < -0.3 is 33.9 Å². The predicted octanol–water partition coefficient (Wildman–Crippen LogP) is 5.92. The normalized spacial score (nSPS) is 14.6. The van der Waals surface area contributed by atoms with Crippen LogP contribution in [-0.4, -0.2) is 45.5 Å². The average molecular weight is 618 g/mol. The highest BCUT2D eigenvalue weighted by Crippen LogP contribution is 2.45. The van der Waals surface area contributed by atoms with Crippen molar-refractivity contribution in [1.29, 1.82) is 0 Å². The summed E-state index contributed by atoms with van der Waals surface area (Å²) in [5, 5.41) is 13.9. The number of aromatic nitrogens is 2. The van der Waals surface area contributed by atoms with E-state index in [0.29, 0.717) is 63.6 Å². The van der Waals surface area contributed by atoms with Crippen molar-refractivity contribution in [2.24, 2.45) is 7.05 Å². The maximum Gasteiger partial charge on any atom is 0.337 e. The molecule has 4 aromatic rings. The Kier molecular flexibility index (Phi) is 7.68. The molecule has 0 spiro atoms. The van der Waals surface area contributed by atoms with Crippen molar-refractivity contribution in [3.05, 3.63) is 69.8 Å². The lowest BCUT2D eigenvalue weighted by atomic mass is 9.86. The number of fused-ring (bicyclic) bond motifs is 3. The molecular weight excluding hydrogens is 581 g/mol. The molecule has 0 radical (unpaired) electrons.